The van der Waals surface area contributed by atoms with Crippen LogP contribution in [-0.2, 0) is 19.4 Å². The number of carbonyl (C=O) groups is 2. The van der Waals surface area contributed by atoms with Gasteiger partial charge in [-0.25, -0.2) is 13.2 Å². The van der Waals surface area contributed by atoms with Crippen molar-refractivity contribution in [3.05, 3.63) is 59.7 Å². The largest absolute Gasteiger partial charge is 0.452 e. The van der Waals surface area contributed by atoms with Crippen molar-refractivity contribution < 1.29 is 22.7 Å². The number of sulfone groups is 1. The lowest BCUT2D eigenvalue weighted by Crippen LogP contribution is -2.21. The lowest BCUT2D eigenvalue weighted by atomic mass is 9.99. The molecule has 0 bridgehead atoms. The highest BCUT2D eigenvalue weighted by Gasteiger charge is 2.20. The van der Waals surface area contributed by atoms with Crippen LogP contribution in [0.15, 0.2) is 53.4 Å². The Labute approximate surface area is 159 Å². The molecule has 6 nitrogen and oxygen atoms in total. The normalized spacial score (nSPS) is 12.3. The van der Waals surface area contributed by atoms with Crippen LogP contribution in [0.3, 0.4) is 0 Å². The number of benzene rings is 2. The number of hydrogen-bond donors (Lipinski definition) is 1. The van der Waals surface area contributed by atoms with Crippen molar-refractivity contribution in [3.63, 3.8) is 0 Å². The van der Waals surface area contributed by atoms with E-state index in [0.29, 0.717) is 11.6 Å². The Morgan fingerprint density at radius 3 is 2.30 bits per heavy atom. The van der Waals surface area contributed by atoms with Gasteiger partial charge in [-0.15, -0.1) is 0 Å². The van der Waals surface area contributed by atoms with Crippen LogP contribution in [0.4, 0.5) is 5.69 Å². The third-order valence-corrected chi connectivity index (χ3v) is 5.37. The number of ether oxygens (including phenoxy) is 1. The fourth-order valence-corrected chi connectivity index (χ4v) is 3.37. The van der Waals surface area contributed by atoms with Crippen molar-refractivity contribution in [3.8, 4) is 0 Å². The van der Waals surface area contributed by atoms with Gasteiger partial charge in [-0.2, -0.15) is 0 Å². The first kappa shape index (κ1) is 20.6. The van der Waals surface area contributed by atoms with Gasteiger partial charge in [-0.1, -0.05) is 38.1 Å². The minimum Gasteiger partial charge on any atom is -0.452 e. The van der Waals surface area contributed by atoms with Crippen LogP contribution in [-0.4, -0.2) is 33.2 Å². The Balaban J connectivity index is 1.97. The van der Waals surface area contributed by atoms with E-state index >= 15 is 0 Å². The van der Waals surface area contributed by atoms with Crippen molar-refractivity contribution in [2.24, 2.45) is 0 Å². The van der Waals surface area contributed by atoms with Gasteiger partial charge in [-0.3, -0.25) is 4.79 Å². The molecule has 2 aromatic rings. The quantitative estimate of drug-likeness (QED) is 0.733. The molecule has 0 fully saturated rings. The van der Waals surface area contributed by atoms with Crippen LogP contribution in [0.2, 0.25) is 0 Å². The van der Waals surface area contributed by atoms with E-state index in [2.05, 4.69) is 19.2 Å². The number of nitrogens with one attached hydrogen (secondary N) is 1. The molecule has 0 aliphatic heterocycles. The molecule has 0 aliphatic carbocycles. The highest BCUT2D eigenvalue weighted by atomic mass is 32.2. The first-order valence-electron chi connectivity index (χ1n) is 8.58. The van der Waals surface area contributed by atoms with Crippen molar-refractivity contribution in [2.45, 2.75) is 31.1 Å². The molecule has 0 aromatic heterocycles. The van der Waals surface area contributed by atoms with Crippen molar-refractivity contribution in [2.75, 3.05) is 18.2 Å². The molecule has 0 saturated carbocycles. The second-order valence-electron chi connectivity index (χ2n) is 6.32. The summed E-state index contributed by atoms with van der Waals surface area (Å²) in [6, 6.07) is 13.2. The number of anilines is 1. The minimum absolute atomic E-state index is 0.0919. The summed E-state index contributed by atoms with van der Waals surface area (Å²) in [6.45, 7) is 3.72. The maximum atomic E-state index is 12.2. The predicted octanol–water partition coefficient (Wildman–Crippen LogP) is 3.40. The minimum atomic E-state index is -3.58. The average molecular weight is 389 g/mol. The van der Waals surface area contributed by atoms with Crippen LogP contribution in [0.1, 0.15) is 42.1 Å². The topological polar surface area (TPSA) is 89.5 Å². The molecule has 27 heavy (non-hydrogen) atoms. The van der Waals surface area contributed by atoms with Crippen LogP contribution >= 0.6 is 0 Å². The number of rotatable bonds is 7. The van der Waals surface area contributed by atoms with Gasteiger partial charge in [-0.05, 0) is 42.2 Å². The highest BCUT2D eigenvalue weighted by molar-refractivity contribution is 7.90. The Morgan fingerprint density at radius 1 is 1.07 bits per heavy atom. The summed E-state index contributed by atoms with van der Waals surface area (Å²) >= 11 is 0. The Bertz CT molecular complexity index is 920. The summed E-state index contributed by atoms with van der Waals surface area (Å²) in [5.41, 5.74) is 1.68. The van der Waals surface area contributed by atoms with E-state index in [4.69, 9.17) is 4.74 Å². The zero-order valence-corrected chi connectivity index (χ0v) is 16.4. The molecule has 0 aliphatic rings. The van der Waals surface area contributed by atoms with E-state index in [1.54, 1.807) is 12.1 Å². The molecule has 144 valence electrons. The summed E-state index contributed by atoms with van der Waals surface area (Å²) in [4.78, 5) is 24.0. The molecule has 0 saturated heterocycles. The maximum absolute atomic E-state index is 12.2. The molecule has 2 rings (SSSR count). The van der Waals surface area contributed by atoms with E-state index in [-0.39, 0.29) is 10.5 Å². The first-order valence-corrected chi connectivity index (χ1v) is 10.5. The summed E-state index contributed by atoms with van der Waals surface area (Å²) in [7, 11) is -3.58. The Kier molecular flexibility index (Phi) is 6.74. The number of esters is 1. The van der Waals surface area contributed by atoms with E-state index in [9.17, 15) is 18.0 Å². The summed E-state index contributed by atoms with van der Waals surface area (Å²) in [6.07, 6.45) is 2.03. The van der Waals surface area contributed by atoms with Crippen molar-refractivity contribution >= 4 is 27.4 Å². The van der Waals surface area contributed by atoms with Gasteiger partial charge in [0.1, 0.15) is 0 Å². The van der Waals surface area contributed by atoms with Crippen LogP contribution < -0.4 is 5.32 Å². The molecular weight excluding hydrogens is 366 g/mol. The van der Waals surface area contributed by atoms with Gasteiger partial charge >= 0.3 is 5.97 Å². The molecular formula is C20H23NO5S. The predicted molar refractivity (Wildman–Crippen MR) is 104 cm³/mol. The third kappa shape index (κ3) is 5.65. The van der Waals surface area contributed by atoms with Gasteiger partial charge in [0.05, 0.1) is 10.5 Å². The standard InChI is InChI=1S/C20H23NO5S/c1-4-14(2)15-9-11-16(12-10-15)21-19(22)13-26-20(23)17-7-5-6-8-18(17)27(3,24)25/h5-12,14H,4,13H2,1-3H3,(H,21,22)/t14-/m1/s1. The van der Waals surface area contributed by atoms with E-state index in [1.807, 2.05) is 12.1 Å². The number of hydrogen-bond acceptors (Lipinski definition) is 5. The van der Waals surface area contributed by atoms with Gasteiger partial charge in [0, 0.05) is 11.9 Å². The number of carbonyl (C=O) groups excluding carboxylic acids is 2. The fraction of sp³-hybridized carbons (Fsp3) is 0.300. The second kappa shape index (κ2) is 8.81. The van der Waals surface area contributed by atoms with Crippen LogP contribution in [0, 0.1) is 0 Å². The van der Waals surface area contributed by atoms with Gasteiger partial charge < -0.3 is 10.1 Å². The van der Waals surface area contributed by atoms with Gasteiger partial charge in [0.25, 0.3) is 5.91 Å². The summed E-state index contributed by atoms with van der Waals surface area (Å²) in [5.74, 6) is -0.930. The molecule has 1 N–H and O–H groups in total. The lowest BCUT2D eigenvalue weighted by molar-refractivity contribution is -0.119. The second-order valence-corrected chi connectivity index (χ2v) is 8.31. The third-order valence-electron chi connectivity index (χ3n) is 4.22. The molecule has 7 heteroatoms. The molecule has 1 amide bonds. The Morgan fingerprint density at radius 2 is 1.70 bits per heavy atom. The maximum Gasteiger partial charge on any atom is 0.339 e. The molecule has 0 unspecified atom stereocenters. The zero-order chi connectivity index (χ0) is 20.0. The Hall–Kier alpha value is -2.67. The van der Waals surface area contributed by atoms with E-state index in [1.165, 1.54) is 29.8 Å². The van der Waals surface area contributed by atoms with Gasteiger partial charge in [0.15, 0.2) is 16.4 Å². The fourth-order valence-electron chi connectivity index (χ4n) is 2.50. The zero-order valence-electron chi connectivity index (χ0n) is 15.6. The average Bonchev–Trinajstić information content (AvgIpc) is 2.65. The molecule has 0 radical (unpaired) electrons. The highest BCUT2D eigenvalue weighted by Crippen LogP contribution is 2.20. The van der Waals surface area contributed by atoms with Crippen molar-refractivity contribution in [1.29, 1.82) is 0 Å². The SMILES string of the molecule is CC[C@@H](C)c1ccc(NC(=O)COC(=O)c2ccccc2S(C)(=O)=O)cc1. The van der Waals surface area contributed by atoms with E-state index < -0.39 is 28.3 Å². The smallest absolute Gasteiger partial charge is 0.339 e. The number of amides is 1. The summed E-state index contributed by atoms with van der Waals surface area (Å²) < 4.78 is 28.5. The molecule has 0 heterocycles. The first-order chi connectivity index (χ1) is 12.7. The van der Waals surface area contributed by atoms with Crippen LogP contribution in [0.5, 0.6) is 0 Å². The van der Waals surface area contributed by atoms with E-state index in [0.717, 1.165) is 12.7 Å². The van der Waals surface area contributed by atoms with Crippen LogP contribution in [0.25, 0.3) is 0 Å². The monoisotopic (exact) mass is 389 g/mol. The van der Waals surface area contributed by atoms with Crippen molar-refractivity contribution in [1.82, 2.24) is 0 Å². The van der Waals surface area contributed by atoms with Gasteiger partial charge in [0.2, 0.25) is 0 Å². The summed E-state index contributed by atoms with van der Waals surface area (Å²) in [5, 5.41) is 2.64. The molecule has 1 atom stereocenters. The molecule has 2 aromatic carbocycles. The molecule has 0 spiro atoms. The lowest BCUT2D eigenvalue weighted by Gasteiger charge is -2.11.